The molecule has 22 heavy (non-hydrogen) atoms. The van der Waals surface area contributed by atoms with Crippen LogP contribution in [0.1, 0.15) is 33.3 Å². The number of fused-ring (bicyclic) bond motifs is 3. The summed E-state index contributed by atoms with van der Waals surface area (Å²) in [5.41, 5.74) is 4.02. The molecule has 2 aromatic carbocycles. The molecule has 0 fully saturated rings. The lowest BCUT2D eigenvalue weighted by molar-refractivity contribution is 0.404. The van der Waals surface area contributed by atoms with E-state index in [4.69, 9.17) is 0 Å². The van der Waals surface area contributed by atoms with E-state index in [1.54, 1.807) is 0 Å². The Labute approximate surface area is 135 Å². The lowest BCUT2D eigenvalue weighted by Gasteiger charge is -2.11. The maximum atomic E-state index is 2.28. The summed E-state index contributed by atoms with van der Waals surface area (Å²) in [7, 11) is 6.37. The Hall–Kier alpha value is -1.80. The Morgan fingerprint density at radius 2 is 1.41 bits per heavy atom. The number of hydrogen-bond donors (Lipinski definition) is 0. The smallest absolute Gasteiger partial charge is 0.0492 e. The predicted octanol–water partition coefficient (Wildman–Crippen LogP) is 5.45. The molecule has 2 nitrogen and oxygen atoms in total. The largest absolute Gasteiger partial charge is 0.344 e. The molecular weight excluding hydrogens is 268 g/mol. The molecule has 0 saturated carbocycles. The van der Waals surface area contributed by atoms with Gasteiger partial charge in [0.15, 0.2) is 0 Å². The zero-order chi connectivity index (χ0) is 16.7. The van der Waals surface area contributed by atoms with E-state index < -0.39 is 0 Å². The highest BCUT2D eigenvalue weighted by Gasteiger charge is 2.11. The van der Waals surface area contributed by atoms with E-state index in [1.807, 2.05) is 27.7 Å². The quantitative estimate of drug-likeness (QED) is 0.611. The van der Waals surface area contributed by atoms with Gasteiger partial charge in [0.2, 0.25) is 0 Å². The summed E-state index contributed by atoms with van der Waals surface area (Å²) in [5, 5.41) is 2.75. The van der Waals surface area contributed by atoms with Gasteiger partial charge in [0.05, 0.1) is 0 Å². The van der Waals surface area contributed by atoms with Crippen LogP contribution in [0.15, 0.2) is 42.5 Å². The van der Waals surface area contributed by atoms with Gasteiger partial charge in [-0.25, -0.2) is 0 Å². The second-order valence-electron chi connectivity index (χ2n) is 5.13. The molecule has 0 aliphatic heterocycles. The van der Waals surface area contributed by atoms with E-state index in [0.717, 1.165) is 6.54 Å². The Morgan fingerprint density at radius 1 is 0.818 bits per heavy atom. The molecule has 2 heteroatoms. The van der Waals surface area contributed by atoms with Crippen LogP contribution in [-0.2, 0) is 13.6 Å². The van der Waals surface area contributed by atoms with Crippen molar-refractivity contribution < 1.29 is 0 Å². The van der Waals surface area contributed by atoms with Gasteiger partial charge in [-0.15, -0.1) is 0 Å². The first-order valence-corrected chi connectivity index (χ1v) is 8.28. The second kappa shape index (κ2) is 8.60. The van der Waals surface area contributed by atoms with Gasteiger partial charge in [0.25, 0.3) is 0 Å². The van der Waals surface area contributed by atoms with Crippen molar-refractivity contribution in [3.8, 4) is 0 Å². The summed E-state index contributed by atoms with van der Waals surface area (Å²) in [5.74, 6) is 0. The summed E-state index contributed by atoms with van der Waals surface area (Å²) in [6.45, 7) is 8.98. The molecule has 0 aliphatic rings. The fourth-order valence-electron chi connectivity index (χ4n) is 2.76. The number of rotatable bonds is 2. The molecule has 3 aromatic rings. The Balaban J connectivity index is 0.000000561. The first-order chi connectivity index (χ1) is 10.7. The predicted molar refractivity (Wildman–Crippen MR) is 101 cm³/mol. The van der Waals surface area contributed by atoms with Gasteiger partial charge in [-0.05, 0) is 31.8 Å². The van der Waals surface area contributed by atoms with Crippen LogP contribution >= 0.6 is 0 Å². The number of benzene rings is 2. The van der Waals surface area contributed by atoms with Crippen LogP contribution in [0, 0.1) is 0 Å². The number of para-hydroxylation sites is 1. The lowest BCUT2D eigenvalue weighted by Crippen LogP contribution is -2.10. The standard InChI is InChI=1S/C16H18N2.2C2H6/c1-17(2)11-12-7-6-10-15-16(12)13-8-4-5-9-14(13)18(15)3;2*1-2/h4-10H,11H2,1-3H3;2*1-2H3. The van der Waals surface area contributed by atoms with Gasteiger partial charge in [-0.3, -0.25) is 0 Å². The third-order valence-corrected chi connectivity index (χ3v) is 3.51. The molecule has 1 heterocycles. The minimum atomic E-state index is 0.978. The third-order valence-electron chi connectivity index (χ3n) is 3.51. The minimum absolute atomic E-state index is 0.978. The van der Waals surface area contributed by atoms with Crippen LogP contribution in [0.5, 0.6) is 0 Å². The second-order valence-corrected chi connectivity index (χ2v) is 5.13. The van der Waals surface area contributed by atoms with Crippen LogP contribution < -0.4 is 0 Å². The zero-order valence-electron chi connectivity index (χ0n) is 15.1. The third kappa shape index (κ3) is 3.50. The maximum Gasteiger partial charge on any atom is 0.0492 e. The summed E-state index contributed by atoms with van der Waals surface area (Å²) in [6.07, 6.45) is 0. The van der Waals surface area contributed by atoms with Gasteiger partial charge in [-0.2, -0.15) is 0 Å². The molecule has 0 atom stereocenters. The molecule has 0 saturated heterocycles. The fourth-order valence-corrected chi connectivity index (χ4v) is 2.76. The van der Waals surface area contributed by atoms with E-state index in [9.17, 15) is 0 Å². The van der Waals surface area contributed by atoms with Gasteiger partial charge in [0, 0.05) is 35.4 Å². The average Bonchev–Trinajstić information content (AvgIpc) is 2.85. The van der Waals surface area contributed by atoms with E-state index in [-0.39, 0.29) is 0 Å². The number of aromatic nitrogens is 1. The van der Waals surface area contributed by atoms with Crippen molar-refractivity contribution in [1.82, 2.24) is 9.47 Å². The number of hydrogen-bond acceptors (Lipinski definition) is 1. The minimum Gasteiger partial charge on any atom is -0.344 e. The molecule has 0 unspecified atom stereocenters. The summed E-state index contributed by atoms with van der Waals surface area (Å²) in [4.78, 5) is 2.22. The van der Waals surface area contributed by atoms with Crippen LogP contribution in [0.2, 0.25) is 0 Å². The Bertz CT molecular complexity index is 708. The summed E-state index contributed by atoms with van der Waals surface area (Å²) in [6, 6.07) is 15.2. The Kier molecular flexibility index (Phi) is 7.13. The molecule has 0 radical (unpaired) electrons. The monoisotopic (exact) mass is 298 g/mol. The molecule has 0 N–H and O–H groups in total. The molecule has 0 bridgehead atoms. The Morgan fingerprint density at radius 3 is 2.05 bits per heavy atom. The summed E-state index contributed by atoms with van der Waals surface area (Å²) >= 11 is 0. The first kappa shape index (κ1) is 18.2. The van der Waals surface area contributed by atoms with Crippen LogP contribution in [0.4, 0.5) is 0 Å². The normalized spacial score (nSPS) is 10.2. The van der Waals surface area contributed by atoms with Crippen molar-refractivity contribution in [3.63, 3.8) is 0 Å². The molecule has 1 aromatic heterocycles. The van der Waals surface area contributed by atoms with Gasteiger partial charge in [0.1, 0.15) is 0 Å². The first-order valence-electron chi connectivity index (χ1n) is 8.28. The van der Waals surface area contributed by atoms with Crippen molar-refractivity contribution >= 4 is 21.8 Å². The zero-order valence-corrected chi connectivity index (χ0v) is 15.1. The molecule has 0 amide bonds. The van der Waals surface area contributed by atoms with Gasteiger partial charge in [-0.1, -0.05) is 58.0 Å². The van der Waals surface area contributed by atoms with Crippen molar-refractivity contribution in [3.05, 3.63) is 48.0 Å². The molecule has 120 valence electrons. The highest BCUT2D eigenvalue weighted by molar-refractivity contribution is 6.09. The number of aryl methyl sites for hydroxylation is 1. The van der Waals surface area contributed by atoms with Crippen LogP contribution in [0.25, 0.3) is 21.8 Å². The van der Waals surface area contributed by atoms with Gasteiger partial charge < -0.3 is 9.47 Å². The average molecular weight is 298 g/mol. The topological polar surface area (TPSA) is 8.17 Å². The highest BCUT2D eigenvalue weighted by Crippen LogP contribution is 2.30. The van der Waals surface area contributed by atoms with E-state index in [2.05, 4.69) is 73.1 Å². The SMILES string of the molecule is CC.CC.CN(C)Cc1cccc2c1c1ccccc1n2C. The van der Waals surface area contributed by atoms with Crippen molar-refractivity contribution in [2.45, 2.75) is 34.2 Å². The summed E-state index contributed by atoms with van der Waals surface area (Å²) < 4.78 is 2.28. The fraction of sp³-hybridized carbons (Fsp3) is 0.400. The molecule has 0 spiro atoms. The maximum absolute atomic E-state index is 2.28. The lowest BCUT2D eigenvalue weighted by atomic mass is 10.1. The number of nitrogens with zero attached hydrogens (tertiary/aromatic N) is 2. The van der Waals surface area contributed by atoms with Crippen molar-refractivity contribution in [2.24, 2.45) is 7.05 Å². The molecule has 0 aliphatic carbocycles. The van der Waals surface area contributed by atoms with E-state index >= 15 is 0 Å². The molecular formula is C20H30N2. The van der Waals surface area contributed by atoms with Gasteiger partial charge >= 0.3 is 0 Å². The van der Waals surface area contributed by atoms with Crippen molar-refractivity contribution in [1.29, 1.82) is 0 Å². The van der Waals surface area contributed by atoms with Crippen LogP contribution in [0.3, 0.4) is 0 Å². The van der Waals surface area contributed by atoms with Crippen LogP contribution in [-0.4, -0.2) is 23.6 Å². The van der Waals surface area contributed by atoms with E-state index in [1.165, 1.54) is 27.4 Å². The molecule has 3 rings (SSSR count). The van der Waals surface area contributed by atoms with Crippen molar-refractivity contribution in [2.75, 3.05) is 14.1 Å². The highest BCUT2D eigenvalue weighted by atomic mass is 15.0. The van der Waals surface area contributed by atoms with E-state index in [0.29, 0.717) is 0 Å².